The maximum absolute atomic E-state index is 8.78. The summed E-state index contributed by atoms with van der Waals surface area (Å²) in [5, 5.41) is 19.8. The Morgan fingerprint density at radius 1 is 1.14 bits per heavy atom. The van der Waals surface area contributed by atoms with Crippen molar-refractivity contribution in [2.75, 3.05) is 5.43 Å². The topological polar surface area (TPSA) is 98.0 Å². The Hall–Kier alpha value is -3.13. The van der Waals surface area contributed by atoms with Crippen molar-refractivity contribution in [1.29, 1.82) is 10.7 Å². The molecule has 0 spiro atoms. The molecule has 0 saturated heterocycles. The van der Waals surface area contributed by atoms with Crippen LogP contribution in [0.2, 0.25) is 0 Å². The quantitative estimate of drug-likeness (QED) is 0.445. The molecule has 0 saturated carbocycles. The third kappa shape index (κ3) is 4.18. The van der Waals surface area contributed by atoms with E-state index >= 15 is 0 Å². The highest BCUT2D eigenvalue weighted by Crippen LogP contribution is 2.14. The monoisotopic (exact) mass is 277 g/mol. The second-order valence-corrected chi connectivity index (χ2v) is 4.46. The summed E-state index contributed by atoms with van der Waals surface area (Å²) in [4.78, 5) is 0. The van der Waals surface area contributed by atoms with Crippen molar-refractivity contribution in [3.05, 3.63) is 65.7 Å². The lowest BCUT2D eigenvalue weighted by Gasteiger charge is -2.05. The number of anilines is 1. The molecule has 0 unspecified atom stereocenters. The number of hydrogen-bond donors (Lipinski definition) is 3. The van der Waals surface area contributed by atoms with Gasteiger partial charge in [-0.2, -0.15) is 10.4 Å². The van der Waals surface area contributed by atoms with E-state index in [1.165, 1.54) is 5.56 Å². The predicted molar refractivity (Wildman–Crippen MR) is 84.3 cm³/mol. The maximum atomic E-state index is 8.78. The molecule has 0 fully saturated rings. The van der Waals surface area contributed by atoms with Gasteiger partial charge in [0.2, 0.25) is 5.71 Å². The highest BCUT2D eigenvalue weighted by atomic mass is 15.3. The van der Waals surface area contributed by atoms with Crippen LogP contribution in [0.15, 0.2) is 59.7 Å². The average Bonchev–Trinajstić information content (AvgIpc) is 2.49. The summed E-state index contributed by atoms with van der Waals surface area (Å²) in [5.41, 5.74) is 10.9. The van der Waals surface area contributed by atoms with E-state index in [1.54, 1.807) is 6.07 Å². The minimum atomic E-state index is -0.356. The van der Waals surface area contributed by atoms with Gasteiger partial charge in [-0.1, -0.05) is 42.5 Å². The zero-order chi connectivity index (χ0) is 15.1. The first kappa shape index (κ1) is 14.3. The number of hydrogen-bond acceptors (Lipinski definition) is 4. The fourth-order valence-electron chi connectivity index (χ4n) is 1.85. The Morgan fingerprint density at radius 3 is 2.52 bits per heavy atom. The van der Waals surface area contributed by atoms with Gasteiger partial charge in [0.25, 0.3) is 0 Å². The van der Waals surface area contributed by atoms with Crippen LogP contribution in [0.5, 0.6) is 0 Å². The number of hydrazone groups is 1. The molecule has 21 heavy (non-hydrogen) atoms. The van der Waals surface area contributed by atoms with Gasteiger partial charge in [-0.15, -0.1) is 0 Å². The smallest absolute Gasteiger partial charge is 0.201 e. The molecule has 0 amide bonds. The van der Waals surface area contributed by atoms with Gasteiger partial charge in [0.1, 0.15) is 6.07 Å². The minimum absolute atomic E-state index is 0.136. The summed E-state index contributed by atoms with van der Waals surface area (Å²) < 4.78 is 0. The molecule has 2 rings (SSSR count). The summed E-state index contributed by atoms with van der Waals surface area (Å²) in [6.07, 6.45) is 0.817. The van der Waals surface area contributed by atoms with Gasteiger partial charge in [0.05, 0.1) is 5.69 Å². The molecule has 5 heteroatoms. The van der Waals surface area contributed by atoms with Crippen molar-refractivity contribution >= 4 is 17.2 Å². The number of benzene rings is 2. The second kappa shape index (κ2) is 6.87. The zero-order valence-electron chi connectivity index (χ0n) is 11.4. The van der Waals surface area contributed by atoms with Crippen LogP contribution in [-0.4, -0.2) is 11.5 Å². The molecule has 5 nitrogen and oxygen atoms in total. The minimum Gasteiger partial charge on any atom is -0.382 e. The van der Waals surface area contributed by atoms with Crippen molar-refractivity contribution in [3.8, 4) is 6.07 Å². The molecule has 0 heterocycles. The van der Waals surface area contributed by atoms with E-state index in [0.717, 1.165) is 17.7 Å². The van der Waals surface area contributed by atoms with Crippen LogP contribution in [0.1, 0.15) is 11.1 Å². The van der Waals surface area contributed by atoms with E-state index < -0.39 is 0 Å². The van der Waals surface area contributed by atoms with Crippen molar-refractivity contribution in [2.24, 2.45) is 10.8 Å². The van der Waals surface area contributed by atoms with Crippen LogP contribution < -0.4 is 11.2 Å². The fourth-order valence-corrected chi connectivity index (χ4v) is 1.85. The van der Waals surface area contributed by atoms with Crippen molar-refractivity contribution in [1.82, 2.24) is 0 Å². The molecule has 0 atom stereocenters. The van der Waals surface area contributed by atoms with E-state index in [4.69, 9.17) is 16.4 Å². The molecule has 0 aliphatic heterocycles. The van der Waals surface area contributed by atoms with E-state index in [-0.39, 0.29) is 11.5 Å². The summed E-state index contributed by atoms with van der Waals surface area (Å²) in [6, 6.07) is 19.6. The molecule has 0 aliphatic rings. The van der Waals surface area contributed by atoms with E-state index in [9.17, 15) is 0 Å². The lowest BCUT2D eigenvalue weighted by molar-refractivity contribution is 1.19. The number of nitriles is 1. The number of amidine groups is 1. The molecule has 4 N–H and O–H groups in total. The Kier molecular flexibility index (Phi) is 4.67. The van der Waals surface area contributed by atoms with Crippen LogP contribution in [-0.2, 0) is 6.42 Å². The first-order valence-corrected chi connectivity index (χ1v) is 6.40. The highest BCUT2D eigenvalue weighted by Gasteiger charge is 2.01. The van der Waals surface area contributed by atoms with Crippen LogP contribution in [0.25, 0.3) is 0 Å². The lowest BCUT2D eigenvalue weighted by atomic mass is 10.0. The fraction of sp³-hybridized carbons (Fsp3) is 0.0625. The Labute approximate surface area is 123 Å². The average molecular weight is 277 g/mol. The molecule has 2 aromatic carbocycles. The van der Waals surface area contributed by atoms with E-state index in [2.05, 4.69) is 22.7 Å². The normalized spacial score (nSPS) is 10.7. The molecular formula is C16H15N5. The van der Waals surface area contributed by atoms with Crippen LogP contribution in [0.3, 0.4) is 0 Å². The lowest BCUT2D eigenvalue weighted by Crippen LogP contribution is -2.21. The van der Waals surface area contributed by atoms with Gasteiger partial charge in [-0.3, -0.25) is 10.8 Å². The SMILES string of the molecule is N#C/C(=N\Nc1cccc(Cc2ccccc2)c1)C(=N)N. The Bertz CT molecular complexity index is 698. The van der Waals surface area contributed by atoms with Crippen molar-refractivity contribution in [3.63, 3.8) is 0 Å². The van der Waals surface area contributed by atoms with Gasteiger partial charge >= 0.3 is 0 Å². The molecule has 104 valence electrons. The Morgan fingerprint density at radius 2 is 1.86 bits per heavy atom. The van der Waals surface area contributed by atoms with E-state index in [1.807, 2.05) is 42.5 Å². The van der Waals surface area contributed by atoms with Crippen LogP contribution >= 0.6 is 0 Å². The van der Waals surface area contributed by atoms with Gasteiger partial charge < -0.3 is 5.73 Å². The largest absolute Gasteiger partial charge is 0.382 e. The molecular weight excluding hydrogens is 262 g/mol. The third-order valence-electron chi connectivity index (χ3n) is 2.84. The summed E-state index contributed by atoms with van der Waals surface area (Å²) in [6.45, 7) is 0. The van der Waals surface area contributed by atoms with Crippen molar-refractivity contribution < 1.29 is 0 Å². The standard InChI is InChI=1S/C16H15N5/c17-11-15(16(18)19)21-20-14-8-4-7-13(10-14)9-12-5-2-1-3-6-12/h1-8,10,20H,9H2,(H3,18,19)/b21-15+. The second-order valence-electron chi connectivity index (χ2n) is 4.46. The maximum Gasteiger partial charge on any atom is 0.201 e. The third-order valence-corrected chi connectivity index (χ3v) is 2.84. The van der Waals surface area contributed by atoms with Gasteiger partial charge in [0, 0.05) is 0 Å². The summed E-state index contributed by atoms with van der Waals surface area (Å²) in [7, 11) is 0. The van der Waals surface area contributed by atoms with Gasteiger partial charge in [0.15, 0.2) is 5.84 Å². The molecule has 0 aromatic heterocycles. The van der Waals surface area contributed by atoms with Crippen molar-refractivity contribution in [2.45, 2.75) is 6.42 Å². The van der Waals surface area contributed by atoms with E-state index in [0.29, 0.717) is 0 Å². The van der Waals surface area contributed by atoms with Gasteiger partial charge in [-0.25, -0.2) is 0 Å². The number of nitrogens with one attached hydrogen (secondary N) is 2. The van der Waals surface area contributed by atoms with Gasteiger partial charge in [-0.05, 0) is 29.7 Å². The number of nitrogens with two attached hydrogens (primary N) is 1. The molecule has 0 bridgehead atoms. The summed E-state index contributed by atoms with van der Waals surface area (Å²) >= 11 is 0. The first-order valence-electron chi connectivity index (χ1n) is 6.40. The van der Waals surface area contributed by atoms with Crippen LogP contribution in [0, 0.1) is 16.7 Å². The zero-order valence-corrected chi connectivity index (χ0v) is 11.4. The molecule has 2 aromatic rings. The van der Waals surface area contributed by atoms with Crippen LogP contribution in [0.4, 0.5) is 5.69 Å². The predicted octanol–water partition coefficient (Wildman–Crippen LogP) is 2.50. The Balaban J connectivity index is 2.12. The summed E-state index contributed by atoms with van der Waals surface area (Å²) in [5.74, 6) is -0.356. The number of nitrogens with zero attached hydrogens (tertiary/aromatic N) is 2. The highest BCUT2D eigenvalue weighted by molar-refractivity contribution is 6.45. The first-order chi connectivity index (χ1) is 10.2. The molecule has 0 aliphatic carbocycles. The molecule has 0 radical (unpaired) electrons. The number of rotatable bonds is 5.